The van der Waals surface area contributed by atoms with Gasteiger partial charge in [-0.1, -0.05) is 0 Å². The SMILES string of the molecule is Cc1cc(F)ccc1C(=O)N1CC(C)OC(C)C1. The van der Waals surface area contributed by atoms with E-state index in [4.69, 9.17) is 4.74 Å². The molecule has 0 bridgehead atoms. The van der Waals surface area contributed by atoms with Gasteiger partial charge in [0, 0.05) is 18.7 Å². The molecule has 0 spiro atoms. The minimum absolute atomic E-state index is 0.0402. The smallest absolute Gasteiger partial charge is 0.254 e. The van der Waals surface area contributed by atoms with Crippen molar-refractivity contribution in [3.05, 3.63) is 35.1 Å². The molecule has 98 valence electrons. The molecule has 1 fully saturated rings. The zero-order valence-electron chi connectivity index (χ0n) is 10.9. The van der Waals surface area contributed by atoms with Crippen LogP contribution in [-0.2, 0) is 4.74 Å². The Morgan fingerprint density at radius 2 is 1.94 bits per heavy atom. The molecule has 2 atom stereocenters. The molecule has 2 rings (SSSR count). The fourth-order valence-corrected chi connectivity index (χ4v) is 2.38. The van der Waals surface area contributed by atoms with Crippen molar-refractivity contribution in [3.8, 4) is 0 Å². The van der Waals surface area contributed by atoms with Crippen molar-refractivity contribution in [2.45, 2.75) is 33.0 Å². The Morgan fingerprint density at radius 1 is 1.33 bits per heavy atom. The quantitative estimate of drug-likeness (QED) is 0.767. The van der Waals surface area contributed by atoms with Crippen LogP contribution in [0.2, 0.25) is 0 Å². The second kappa shape index (κ2) is 5.06. The maximum Gasteiger partial charge on any atom is 0.254 e. The molecule has 0 aromatic heterocycles. The van der Waals surface area contributed by atoms with Crippen molar-refractivity contribution < 1.29 is 13.9 Å². The molecular weight excluding hydrogens is 233 g/mol. The van der Waals surface area contributed by atoms with Gasteiger partial charge < -0.3 is 9.64 Å². The minimum atomic E-state index is -0.312. The lowest BCUT2D eigenvalue weighted by molar-refractivity contribution is -0.0586. The Balaban J connectivity index is 2.20. The highest BCUT2D eigenvalue weighted by molar-refractivity contribution is 5.95. The van der Waals surface area contributed by atoms with Crippen molar-refractivity contribution >= 4 is 5.91 Å². The van der Waals surface area contributed by atoms with Gasteiger partial charge in [0.05, 0.1) is 12.2 Å². The molecule has 1 saturated heterocycles. The van der Waals surface area contributed by atoms with Crippen LogP contribution in [0.4, 0.5) is 4.39 Å². The van der Waals surface area contributed by atoms with Gasteiger partial charge in [-0.25, -0.2) is 4.39 Å². The first-order chi connectivity index (χ1) is 8.47. The number of benzene rings is 1. The summed E-state index contributed by atoms with van der Waals surface area (Å²) < 4.78 is 18.6. The molecule has 1 aromatic rings. The van der Waals surface area contributed by atoms with Gasteiger partial charge in [-0.15, -0.1) is 0 Å². The summed E-state index contributed by atoms with van der Waals surface area (Å²) in [7, 11) is 0. The summed E-state index contributed by atoms with van der Waals surface area (Å²) in [6, 6.07) is 4.27. The molecule has 0 aliphatic carbocycles. The number of aryl methyl sites for hydroxylation is 1. The minimum Gasteiger partial charge on any atom is -0.372 e. The number of hydrogen-bond donors (Lipinski definition) is 0. The Hall–Kier alpha value is -1.42. The monoisotopic (exact) mass is 251 g/mol. The highest BCUT2D eigenvalue weighted by Crippen LogP contribution is 2.17. The molecule has 1 aliphatic heterocycles. The Labute approximate surface area is 107 Å². The topological polar surface area (TPSA) is 29.5 Å². The molecule has 1 amide bonds. The third kappa shape index (κ3) is 2.70. The van der Waals surface area contributed by atoms with Crippen molar-refractivity contribution in [2.75, 3.05) is 13.1 Å². The summed E-state index contributed by atoms with van der Waals surface area (Å²) >= 11 is 0. The lowest BCUT2D eigenvalue weighted by Crippen LogP contribution is -2.48. The summed E-state index contributed by atoms with van der Waals surface area (Å²) in [5.74, 6) is -0.359. The van der Waals surface area contributed by atoms with Gasteiger partial charge in [-0.2, -0.15) is 0 Å². The van der Waals surface area contributed by atoms with Crippen LogP contribution in [0, 0.1) is 12.7 Å². The average Bonchev–Trinajstić information content (AvgIpc) is 2.26. The summed E-state index contributed by atoms with van der Waals surface area (Å²) in [5, 5.41) is 0. The fraction of sp³-hybridized carbons (Fsp3) is 0.500. The van der Waals surface area contributed by atoms with E-state index in [2.05, 4.69) is 0 Å². The molecule has 0 N–H and O–H groups in total. The van der Waals surface area contributed by atoms with Gasteiger partial charge in [-0.05, 0) is 44.5 Å². The van der Waals surface area contributed by atoms with E-state index >= 15 is 0 Å². The van der Waals surface area contributed by atoms with Crippen LogP contribution in [-0.4, -0.2) is 36.1 Å². The predicted molar refractivity (Wildman–Crippen MR) is 67.0 cm³/mol. The number of rotatable bonds is 1. The Kier molecular flexibility index (Phi) is 3.66. The van der Waals surface area contributed by atoms with Crippen LogP contribution in [0.3, 0.4) is 0 Å². The highest BCUT2D eigenvalue weighted by atomic mass is 19.1. The molecule has 1 aromatic carbocycles. The lowest BCUT2D eigenvalue weighted by atomic mass is 10.1. The number of amides is 1. The average molecular weight is 251 g/mol. The predicted octanol–water partition coefficient (Wildman–Crippen LogP) is 2.38. The third-order valence-electron chi connectivity index (χ3n) is 3.13. The molecular formula is C14H18FNO2. The van der Waals surface area contributed by atoms with Crippen LogP contribution < -0.4 is 0 Å². The normalized spacial score (nSPS) is 24.1. The summed E-state index contributed by atoms with van der Waals surface area (Å²) in [6.45, 7) is 6.82. The maximum absolute atomic E-state index is 13.0. The standard InChI is InChI=1S/C14H18FNO2/c1-9-6-12(15)4-5-13(9)14(17)16-7-10(2)18-11(3)8-16/h4-6,10-11H,7-8H2,1-3H3. The molecule has 1 aliphatic rings. The molecule has 0 saturated carbocycles. The highest BCUT2D eigenvalue weighted by Gasteiger charge is 2.27. The van der Waals surface area contributed by atoms with Gasteiger partial charge in [0.1, 0.15) is 5.82 Å². The molecule has 0 radical (unpaired) electrons. The van der Waals surface area contributed by atoms with Crippen LogP contribution in [0.5, 0.6) is 0 Å². The van der Waals surface area contributed by atoms with Crippen molar-refractivity contribution in [2.24, 2.45) is 0 Å². The van der Waals surface area contributed by atoms with Crippen LogP contribution in [0.15, 0.2) is 18.2 Å². The first kappa shape index (κ1) is 13.0. The van der Waals surface area contributed by atoms with Crippen LogP contribution >= 0.6 is 0 Å². The molecule has 18 heavy (non-hydrogen) atoms. The number of carbonyl (C=O) groups is 1. The molecule has 2 unspecified atom stereocenters. The third-order valence-corrected chi connectivity index (χ3v) is 3.13. The maximum atomic E-state index is 13.0. The van der Waals surface area contributed by atoms with Crippen LogP contribution in [0.25, 0.3) is 0 Å². The van der Waals surface area contributed by atoms with Crippen LogP contribution in [0.1, 0.15) is 29.8 Å². The van der Waals surface area contributed by atoms with Crippen molar-refractivity contribution in [3.63, 3.8) is 0 Å². The zero-order valence-corrected chi connectivity index (χ0v) is 10.9. The number of carbonyl (C=O) groups excluding carboxylic acids is 1. The van der Waals surface area contributed by atoms with Crippen molar-refractivity contribution in [1.29, 1.82) is 0 Å². The molecule has 3 nitrogen and oxygen atoms in total. The zero-order chi connectivity index (χ0) is 13.3. The van der Waals surface area contributed by atoms with Gasteiger partial charge in [0.2, 0.25) is 0 Å². The van der Waals surface area contributed by atoms with Gasteiger partial charge in [0.25, 0.3) is 5.91 Å². The summed E-state index contributed by atoms with van der Waals surface area (Å²) in [6.07, 6.45) is 0.0805. The van der Waals surface area contributed by atoms with E-state index < -0.39 is 0 Å². The van der Waals surface area contributed by atoms with E-state index in [9.17, 15) is 9.18 Å². The van der Waals surface area contributed by atoms with Gasteiger partial charge in [-0.3, -0.25) is 4.79 Å². The van der Waals surface area contributed by atoms with E-state index in [1.807, 2.05) is 13.8 Å². The van der Waals surface area contributed by atoms with E-state index in [1.54, 1.807) is 17.9 Å². The van der Waals surface area contributed by atoms with E-state index in [0.29, 0.717) is 24.2 Å². The van der Waals surface area contributed by atoms with Crippen molar-refractivity contribution in [1.82, 2.24) is 4.90 Å². The number of morpholine rings is 1. The first-order valence-electron chi connectivity index (χ1n) is 6.18. The Morgan fingerprint density at radius 3 is 2.50 bits per heavy atom. The number of ether oxygens (including phenoxy) is 1. The van der Waals surface area contributed by atoms with Gasteiger partial charge >= 0.3 is 0 Å². The molecule has 1 heterocycles. The second-order valence-electron chi connectivity index (χ2n) is 4.93. The summed E-state index contributed by atoms with van der Waals surface area (Å²) in [4.78, 5) is 14.1. The summed E-state index contributed by atoms with van der Waals surface area (Å²) in [5.41, 5.74) is 1.24. The van der Waals surface area contributed by atoms with E-state index in [1.165, 1.54) is 12.1 Å². The second-order valence-corrected chi connectivity index (χ2v) is 4.93. The lowest BCUT2D eigenvalue weighted by Gasteiger charge is -2.35. The largest absolute Gasteiger partial charge is 0.372 e. The molecule has 4 heteroatoms. The van der Waals surface area contributed by atoms with E-state index in [0.717, 1.165) is 0 Å². The number of halogens is 1. The van der Waals surface area contributed by atoms with Gasteiger partial charge in [0.15, 0.2) is 0 Å². The number of hydrogen-bond acceptors (Lipinski definition) is 2. The van der Waals surface area contributed by atoms with E-state index in [-0.39, 0.29) is 23.9 Å². The fourth-order valence-electron chi connectivity index (χ4n) is 2.38. The number of nitrogens with zero attached hydrogens (tertiary/aromatic N) is 1. The Bertz CT molecular complexity index is 451. The first-order valence-corrected chi connectivity index (χ1v) is 6.18.